The Hall–Kier alpha value is -1.88. The maximum absolute atomic E-state index is 12.1. The standard InChI is InChI=1S/C13H14N2O4S/c16-7-1-2-10-3-5-12(6-4-10)20(18,19)15-11-8-13(17)14-9-11/h3-6,11,15-16H,7-9H2,(H,14,17). The van der Waals surface area contributed by atoms with Crippen molar-refractivity contribution in [1.29, 1.82) is 0 Å². The van der Waals surface area contributed by atoms with Crippen LogP contribution in [0.5, 0.6) is 0 Å². The maximum atomic E-state index is 12.1. The van der Waals surface area contributed by atoms with Gasteiger partial charge in [0.15, 0.2) is 0 Å². The van der Waals surface area contributed by atoms with Gasteiger partial charge in [0.2, 0.25) is 15.9 Å². The summed E-state index contributed by atoms with van der Waals surface area (Å²) in [5.74, 6) is 5.00. The molecule has 3 N–H and O–H groups in total. The summed E-state index contributed by atoms with van der Waals surface area (Å²) in [5, 5.41) is 11.1. The van der Waals surface area contributed by atoms with Crippen molar-refractivity contribution in [3.05, 3.63) is 29.8 Å². The van der Waals surface area contributed by atoms with Gasteiger partial charge in [-0.2, -0.15) is 0 Å². The largest absolute Gasteiger partial charge is 0.384 e. The van der Waals surface area contributed by atoms with Gasteiger partial charge in [-0.15, -0.1) is 0 Å². The highest BCUT2D eigenvalue weighted by molar-refractivity contribution is 7.89. The molecule has 0 spiro atoms. The van der Waals surface area contributed by atoms with Gasteiger partial charge in [0, 0.05) is 24.6 Å². The molecule has 0 bridgehead atoms. The van der Waals surface area contributed by atoms with Gasteiger partial charge in [0.05, 0.1) is 4.90 Å². The number of aliphatic hydroxyl groups is 1. The van der Waals surface area contributed by atoms with Gasteiger partial charge in [-0.3, -0.25) is 4.79 Å². The first kappa shape index (κ1) is 14.5. The van der Waals surface area contributed by atoms with E-state index in [1.54, 1.807) is 12.1 Å². The first-order valence-electron chi connectivity index (χ1n) is 6.00. The molecule has 1 aromatic rings. The van der Waals surface area contributed by atoms with Gasteiger partial charge in [-0.25, -0.2) is 13.1 Å². The first-order valence-corrected chi connectivity index (χ1v) is 7.48. The van der Waals surface area contributed by atoms with Crippen LogP contribution in [0.4, 0.5) is 0 Å². The molecule has 1 fully saturated rings. The van der Waals surface area contributed by atoms with E-state index in [9.17, 15) is 13.2 Å². The minimum atomic E-state index is -3.64. The highest BCUT2D eigenvalue weighted by atomic mass is 32.2. The molecule has 7 heteroatoms. The number of nitrogens with one attached hydrogen (secondary N) is 2. The molecule has 0 aromatic heterocycles. The molecule has 2 rings (SSSR count). The van der Waals surface area contributed by atoms with Crippen LogP contribution in [0.1, 0.15) is 12.0 Å². The Labute approximate surface area is 117 Å². The summed E-state index contributed by atoms with van der Waals surface area (Å²) in [7, 11) is -3.64. The van der Waals surface area contributed by atoms with E-state index in [1.165, 1.54) is 12.1 Å². The highest BCUT2D eigenvalue weighted by Gasteiger charge is 2.26. The summed E-state index contributed by atoms with van der Waals surface area (Å²) in [5.41, 5.74) is 0.621. The zero-order chi connectivity index (χ0) is 14.6. The van der Waals surface area contributed by atoms with Crippen LogP contribution >= 0.6 is 0 Å². The molecule has 1 aliphatic heterocycles. The van der Waals surface area contributed by atoms with E-state index in [2.05, 4.69) is 21.9 Å². The summed E-state index contributed by atoms with van der Waals surface area (Å²) in [4.78, 5) is 11.2. The zero-order valence-corrected chi connectivity index (χ0v) is 11.4. The van der Waals surface area contributed by atoms with Crippen LogP contribution in [0.25, 0.3) is 0 Å². The number of carbonyl (C=O) groups is 1. The Morgan fingerprint density at radius 2 is 2.05 bits per heavy atom. The van der Waals surface area contributed by atoms with Gasteiger partial charge in [-0.05, 0) is 24.3 Å². The average Bonchev–Trinajstić information content (AvgIpc) is 2.81. The van der Waals surface area contributed by atoms with Gasteiger partial charge < -0.3 is 10.4 Å². The molecule has 1 aromatic carbocycles. The summed E-state index contributed by atoms with van der Waals surface area (Å²) in [6.07, 6.45) is 0.152. The van der Waals surface area contributed by atoms with E-state index < -0.39 is 16.1 Å². The molecular formula is C13H14N2O4S. The number of amides is 1. The first-order chi connectivity index (χ1) is 9.51. The third-order valence-corrected chi connectivity index (χ3v) is 4.31. The number of sulfonamides is 1. The molecule has 106 valence electrons. The van der Waals surface area contributed by atoms with Gasteiger partial charge in [0.1, 0.15) is 6.61 Å². The third kappa shape index (κ3) is 3.57. The Bertz CT molecular complexity index is 656. The molecule has 1 unspecified atom stereocenters. The van der Waals surface area contributed by atoms with E-state index in [4.69, 9.17) is 5.11 Å². The Morgan fingerprint density at radius 1 is 1.35 bits per heavy atom. The molecule has 6 nitrogen and oxygen atoms in total. The number of aliphatic hydroxyl groups excluding tert-OH is 1. The number of rotatable bonds is 3. The van der Waals surface area contributed by atoms with Crippen molar-refractivity contribution in [2.75, 3.05) is 13.2 Å². The quantitative estimate of drug-likeness (QED) is 0.636. The van der Waals surface area contributed by atoms with Crippen molar-refractivity contribution in [3.8, 4) is 11.8 Å². The fourth-order valence-electron chi connectivity index (χ4n) is 1.83. The van der Waals surface area contributed by atoms with Crippen LogP contribution in [0.2, 0.25) is 0 Å². The molecule has 1 amide bonds. The van der Waals surface area contributed by atoms with Crippen LogP contribution < -0.4 is 10.0 Å². The molecule has 20 heavy (non-hydrogen) atoms. The minimum Gasteiger partial charge on any atom is -0.384 e. The fourth-order valence-corrected chi connectivity index (χ4v) is 3.07. The lowest BCUT2D eigenvalue weighted by molar-refractivity contribution is -0.119. The second-order valence-electron chi connectivity index (χ2n) is 4.31. The van der Waals surface area contributed by atoms with E-state index in [0.717, 1.165) is 0 Å². The molecule has 1 atom stereocenters. The SMILES string of the molecule is O=C1CC(NS(=O)(=O)c2ccc(C#CCO)cc2)CN1. The topological polar surface area (TPSA) is 95.5 Å². The van der Waals surface area contributed by atoms with Gasteiger partial charge >= 0.3 is 0 Å². The van der Waals surface area contributed by atoms with Crippen molar-refractivity contribution >= 4 is 15.9 Å². The van der Waals surface area contributed by atoms with Crippen molar-refractivity contribution in [2.45, 2.75) is 17.4 Å². The third-order valence-electron chi connectivity index (χ3n) is 2.78. The number of hydrogen-bond acceptors (Lipinski definition) is 4. The van der Waals surface area contributed by atoms with Crippen molar-refractivity contribution in [1.82, 2.24) is 10.0 Å². The van der Waals surface area contributed by atoms with E-state index in [-0.39, 0.29) is 23.8 Å². The summed E-state index contributed by atoms with van der Waals surface area (Å²) >= 11 is 0. The van der Waals surface area contributed by atoms with Crippen LogP contribution in [0.3, 0.4) is 0 Å². The predicted octanol–water partition coefficient (Wildman–Crippen LogP) is -0.803. The van der Waals surface area contributed by atoms with Crippen molar-refractivity contribution in [3.63, 3.8) is 0 Å². The fraction of sp³-hybridized carbons (Fsp3) is 0.308. The molecular weight excluding hydrogens is 280 g/mol. The second kappa shape index (κ2) is 6.05. The Kier molecular flexibility index (Phi) is 4.39. The smallest absolute Gasteiger partial charge is 0.240 e. The van der Waals surface area contributed by atoms with Gasteiger partial charge in [0.25, 0.3) is 0 Å². The lowest BCUT2D eigenvalue weighted by atomic mass is 10.2. The molecule has 0 saturated carbocycles. The number of benzene rings is 1. The molecule has 0 radical (unpaired) electrons. The molecule has 1 heterocycles. The maximum Gasteiger partial charge on any atom is 0.240 e. The van der Waals surface area contributed by atoms with Crippen molar-refractivity contribution < 1.29 is 18.3 Å². The van der Waals surface area contributed by atoms with E-state index in [1.807, 2.05) is 0 Å². The van der Waals surface area contributed by atoms with Crippen molar-refractivity contribution in [2.24, 2.45) is 0 Å². The normalized spacial score (nSPS) is 18.2. The van der Waals surface area contributed by atoms with E-state index in [0.29, 0.717) is 12.1 Å². The number of hydrogen-bond donors (Lipinski definition) is 3. The Balaban J connectivity index is 2.11. The van der Waals surface area contributed by atoms with Crippen LogP contribution in [0, 0.1) is 11.8 Å². The average molecular weight is 294 g/mol. The predicted molar refractivity (Wildman–Crippen MR) is 72.1 cm³/mol. The van der Waals surface area contributed by atoms with Gasteiger partial charge in [-0.1, -0.05) is 11.8 Å². The highest BCUT2D eigenvalue weighted by Crippen LogP contribution is 2.12. The second-order valence-corrected chi connectivity index (χ2v) is 6.02. The van der Waals surface area contributed by atoms with Crippen LogP contribution in [-0.4, -0.2) is 38.6 Å². The molecule has 0 aliphatic carbocycles. The summed E-state index contributed by atoms with van der Waals surface area (Å²) in [6.45, 7) is 0.0580. The van der Waals surface area contributed by atoms with Crippen LogP contribution in [0.15, 0.2) is 29.2 Å². The monoisotopic (exact) mass is 294 g/mol. The van der Waals surface area contributed by atoms with E-state index >= 15 is 0 Å². The minimum absolute atomic E-state index is 0.117. The number of carbonyl (C=O) groups excluding carboxylic acids is 1. The summed E-state index contributed by atoms with van der Waals surface area (Å²) < 4.78 is 26.7. The molecule has 1 saturated heterocycles. The zero-order valence-electron chi connectivity index (χ0n) is 10.6. The lowest BCUT2D eigenvalue weighted by Gasteiger charge is -2.11. The Morgan fingerprint density at radius 3 is 2.60 bits per heavy atom. The molecule has 1 aliphatic rings. The lowest BCUT2D eigenvalue weighted by Crippen LogP contribution is -2.36. The summed E-state index contributed by atoms with van der Waals surface area (Å²) in [6, 6.07) is 5.59. The van der Waals surface area contributed by atoms with Crippen LogP contribution in [-0.2, 0) is 14.8 Å².